The summed E-state index contributed by atoms with van der Waals surface area (Å²) in [6, 6.07) is 16.2. The largest absolute Gasteiger partial charge is 0.396 e. The molecular weight excluding hydrogens is 737 g/mol. The molecule has 2 aliphatic heterocycles. The van der Waals surface area contributed by atoms with Crippen molar-refractivity contribution in [1.29, 1.82) is 0 Å². The Morgan fingerprint density at radius 3 is 2.68 bits per heavy atom. The third-order valence-electron chi connectivity index (χ3n) is 13.6. The molecule has 6 N–H and O–H groups in total. The summed E-state index contributed by atoms with van der Waals surface area (Å²) in [6.07, 6.45) is 15.8. The molecule has 8 nitrogen and oxygen atoms in total. The third-order valence-corrected chi connectivity index (χ3v) is 13.6. The second kappa shape index (κ2) is 20.3. The highest BCUT2D eigenvalue weighted by Gasteiger charge is 2.64. The van der Waals surface area contributed by atoms with Crippen LogP contribution in [-0.2, 0) is 33.6 Å². The Hall–Kier alpha value is -4.36. The number of carbonyl (C=O) groups is 2. The Balaban J connectivity index is 1.21. The molecule has 0 aromatic heterocycles. The fraction of sp³-hybridized carbons (Fsp3) is 0.490. The lowest BCUT2D eigenvalue weighted by Gasteiger charge is -2.55. The summed E-state index contributed by atoms with van der Waals surface area (Å²) in [5.41, 5.74) is 12.7. The van der Waals surface area contributed by atoms with Crippen LogP contribution in [-0.4, -0.2) is 58.5 Å². The van der Waals surface area contributed by atoms with Crippen LogP contribution in [0.25, 0.3) is 0 Å². The summed E-state index contributed by atoms with van der Waals surface area (Å²) in [6.45, 7) is 8.55. The first-order valence-corrected chi connectivity index (χ1v) is 21.6. The highest BCUT2D eigenvalue weighted by atomic mass is 16.5. The summed E-state index contributed by atoms with van der Waals surface area (Å²) in [4.78, 5) is 26.6. The second-order valence-electron chi connectivity index (χ2n) is 17.3. The van der Waals surface area contributed by atoms with E-state index in [0.717, 1.165) is 65.5 Å². The van der Waals surface area contributed by atoms with E-state index in [1.54, 1.807) is 0 Å². The van der Waals surface area contributed by atoms with Gasteiger partial charge in [-0.2, -0.15) is 0 Å². The van der Waals surface area contributed by atoms with Gasteiger partial charge in [-0.15, -0.1) is 0 Å². The number of hydrogen-bond donors (Lipinski definition) is 5. The first kappa shape index (κ1) is 44.2. The summed E-state index contributed by atoms with van der Waals surface area (Å²) in [5, 5.41) is 37.9. The number of ketones is 1. The molecule has 2 fully saturated rings. The van der Waals surface area contributed by atoms with Crippen molar-refractivity contribution in [2.45, 2.75) is 122 Å². The van der Waals surface area contributed by atoms with Gasteiger partial charge in [-0.3, -0.25) is 9.59 Å². The van der Waals surface area contributed by atoms with Crippen LogP contribution in [0.5, 0.6) is 0 Å². The molecule has 0 bridgehead atoms. The SMILES string of the molecule is C=C1C=CC=C(C2CCC3(C(CCCO)C(=C(C)C(=O)Cc4cccc5c4CC(=O)NC5N)CCC3(C)O)C2O)COCC#CCC(CCCc2ccccc2)=CCC1. The summed E-state index contributed by atoms with van der Waals surface area (Å²) < 4.78 is 6.19. The topological polar surface area (TPSA) is 142 Å². The van der Waals surface area contributed by atoms with E-state index in [1.807, 2.05) is 56.3 Å². The Bertz CT molecular complexity index is 2030. The molecule has 2 aromatic rings. The van der Waals surface area contributed by atoms with Gasteiger partial charge in [0.05, 0.1) is 24.7 Å². The zero-order valence-corrected chi connectivity index (χ0v) is 35.1. The predicted octanol–water partition coefficient (Wildman–Crippen LogP) is 7.63. The van der Waals surface area contributed by atoms with Crippen molar-refractivity contribution in [3.63, 3.8) is 0 Å². The Morgan fingerprint density at radius 2 is 1.88 bits per heavy atom. The molecule has 6 rings (SSSR count). The van der Waals surface area contributed by atoms with Gasteiger partial charge in [0.15, 0.2) is 5.78 Å². The number of benzene rings is 2. The van der Waals surface area contributed by atoms with Gasteiger partial charge < -0.3 is 31.1 Å². The number of aliphatic hydroxyl groups excluding tert-OH is 2. The van der Waals surface area contributed by atoms with Gasteiger partial charge in [-0.1, -0.05) is 108 Å². The Labute approximate surface area is 351 Å². The average molecular weight is 801 g/mol. The Morgan fingerprint density at radius 1 is 1.07 bits per heavy atom. The van der Waals surface area contributed by atoms with Crippen molar-refractivity contribution in [2.75, 3.05) is 19.8 Å². The van der Waals surface area contributed by atoms with Crippen LogP contribution < -0.4 is 11.1 Å². The van der Waals surface area contributed by atoms with E-state index in [0.29, 0.717) is 50.5 Å². The van der Waals surface area contributed by atoms with Crippen molar-refractivity contribution in [3.8, 4) is 11.8 Å². The van der Waals surface area contributed by atoms with Crippen LogP contribution in [0.15, 0.2) is 107 Å². The van der Waals surface area contributed by atoms with E-state index in [9.17, 15) is 24.9 Å². The number of Topliss-reactive ketones (excluding diaryl/α,β-unsaturated/α-hetero) is 1. The number of fused-ring (bicyclic) bond motifs is 1. The normalized spacial score (nSPS) is 28.6. The fourth-order valence-electron chi connectivity index (χ4n) is 10.3. The molecule has 2 saturated carbocycles. The number of carbonyl (C=O) groups excluding carboxylic acids is 2. The van der Waals surface area contributed by atoms with Gasteiger partial charge >= 0.3 is 0 Å². The van der Waals surface area contributed by atoms with Gasteiger partial charge in [0.25, 0.3) is 0 Å². The highest BCUT2D eigenvalue weighted by molar-refractivity contribution is 5.97. The van der Waals surface area contributed by atoms with E-state index in [4.69, 9.17) is 10.5 Å². The lowest BCUT2D eigenvalue weighted by Crippen LogP contribution is -2.59. The highest BCUT2D eigenvalue weighted by Crippen LogP contribution is 2.63. The van der Waals surface area contributed by atoms with E-state index >= 15 is 0 Å². The first-order valence-electron chi connectivity index (χ1n) is 21.6. The van der Waals surface area contributed by atoms with E-state index in [-0.39, 0.29) is 56.2 Å². The monoisotopic (exact) mass is 800 g/mol. The number of rotatable bonds is 11. The van der Waals surface area contributed by atoms with Crippen molar-refractivity contribution >= 4 is 11.7 Å². The summed E-state index contributed by atoms with van der Waals surface area (Å²) in [5.74, 6) is 5.72. The maximum Gasteiger partial charge on any atom is 0.225 e. The van der Waals surface area contributed by atoms with Crippen molar-refractivity contribution in [1.82, 2.24) is 5.32 Å². The number of amides is 1. The maximum atomic E-state index is 14.2. The molecule has 59 heavy (non-hydrogen) atoms. The molecule has 4 aliphatic rings. The van der Waals surface area contributed by atoms with Gasteiger partial charge in [0.2, 0.25) is 5.91 Å². The third kappa shape index (κ3) is 10.3. The number of ether oxygens (including phenoxy) is 1. The minimum absolute atomic E-state index is 0.0353. The predicted molar refractivity (Wildman–Crippen MR) is 234 cm³/mol. The van der Waals surface area contributed by atoms with Crippen LogP contribution in [0.1, 0.15) is 113 Å². The number of aryl methyl sites for hydroxylation is 1. The molecule has 2 aliphatic carbocycles. The fourth-order valence-corrected chi connectivity index (χ4v) is 10.3. The second-order valence-corrected chi connectivity index (χ2v) is 17.3. The van der Waals surface area contributed by atoms with Gasteiger partial charge in [0.1, 0.15) is 12.8 Å². The number of allylic oxidation sites excluding steroid dienone is 8. The maximum absolute atomic E-state index is 14.2. The molecule has 314 valence electrons. The van der Waals surface area contributed by atoms with Crippen LogP contribution in [0.2, 0.25) is 0 Å². The lowest BCUT2D eigenvalue weighted by atomic mass is 9.52. The molecule has 0 saturated heterocycles. The molecule has 0 radical (unpaired) electrons. The molecule has 8 heteroatoms. The smallest absolute Gasteiger partial charge is 0.225 e. The van der Waals surface area contributed by atoms with E-state index < -0.39 is 23.3 Å². The summed E-state index contributed by atoms with van der Waals surface area (Å²) in [7, 11) is 0. The van der Waals surface area contributed by atoms with Crippen LogP contribution in [0.3, 0.4) is 0 Å². The lowest BCUT2D eigenvalue weighted by molar-refractivity contribution is -0.167. The minimum Gasteiger partial charge on any atom is -0.396 e. The zero-order chi connectivity index (χ0) is 42.0. The summed E-state index contributed by atoms with van der Waals surface area (Å²) >= 11 is 0. The zero-order valence-electron chi connectivity index (χ0n) is 35.1. The average Bonchev–Trinajstić information content (AvgIpc) is 3.55. The number of hydrogen-bond acceptors (Lipinski definition) is 7. The molecule has 2 aromatic carbocycles. The quantitative estimate of drug-likeness (QED) is 0.0895. The van der Waals surface area contributed by atoms with E-state index in [1.165, 1.54) is 11.1 Å². The van der Waals surface area contributed by atoms with Gasteiger partial charge in [-0.05, 0) is 124 Å². The van der Waals surface area contributed by atoms with E-state index in [2.05, 4.69) is 54.1 Å². The first-order chi connectivity index (χ1) is 28.4. The van der Waals surface area contributed by atoms with Crippen molar-refractivity contribution < 1.29 is 29.6 Å². The van der Waals surface area contributed by atoms with Crippen LogP contribution >= 0.6 is 0 Å². The molecular formula is C51H64N2O6. The number of nitrogens with one attached hydrogen (secondary N) is 1. The van der Waals surface area contributed by atoms with Gasteiger partial charge in [0, 0.05) is 30.8 Å². The van der Waals surface area contributed by atoms with Crippen molar-refractivity contribution in [3.05, 3.63) is 130 Å². The van der Waals surface area contributed by atoms with Crippen molar-refractivity contribution in [2.24, 2.45) is 23.0 Å². The van der Waals surface area contributed by atoms with Gasteiger partial charge in [-0.25, -0.2) is 0 Å². The number of nitrogens with two attached hydrogens (primary N) is 1. The molecule has 2 heterocycles. The molecule has 6 unspecified atom stereocenters. The standard InChI is InChI=1S/C51H64N2O6/c1-35-14-9-19-38(21-11-20-37-16-5-4-6-17-37)18-7-8-31-59-34-40(23-10-15-35)42-27-29-51(48(42)57)45(25-13-30-54)41(26-28-50(51,3)58)36(2)46(55)32-39-22-12-24-43-44(39)33-47(56)53-49(43)52/h4-6,10,12,15-17,19,22-24,42,45,48-49,54,57-58H,1,9,11,13-14,18,20-21,25-34,52H2,2-3H3,(H,53,56). The number of aliphatic hydroxyl groups is 3. The van der Waals surface area contributed by atoms with Crippen LogP contribution in [0.4, 0.5) is 0 Å². The minimum atomic E-state index is -1.22. The molecule has 6 atom stereocenters. The Kier molecular flexibility index (Phi) is 15.2. The molecule has 1 spiro atoms. The molecule has 1 amide bonds. The van der Waals surface area contributed by atoms with Crippen LogP contribution in [0, 0.1) is 29.1 Å².